The maximum Gasteiger partial charge on any atom is 0.407 e. The van der Waals surface area contributed by atoms with Crippen LogP contribution in [-0.2, 0) is 16.0 Å². The van der Waals surface area contributed by atoms with Gasteiger partial charge in [0.25, 0.3) is 0 Å². The van der Waals surface area contributed by atoms with Gasteiger partial charge in [-0.2, -0.15) is 0 Å². The molecule has 1 rings (SSSR count). The van der Waals surface area contributed by atoms with Crippen molar-refractivity contribution in [2.24, 2.45) is 0 Å². The van der Waals surface area contributed by atoms with Crippen molar-refractivity contribution < 1.29 is 14.3 Å². The van der Waals surface area contributed by atoms with Crippen molar-refractivity contribution in [2.75, 3.05) is 11.9 Å². The van der Waals surface area contributed by atoms with Gasteiger partial charge in [-0.25, -0.2) is 4.79 Å². The molecule has 0 heterocycles. The van der Waals surface area contributed by atoms with Crippen molar-refractivity contribution in [1.29, 1.82) is 0 Å². The summed E-state index contributed by atoms with van der Waals surface area (Å²) >= 11 is 0. The van der Waals surface area contributed by atoms with Gasteiger partial charge in [0, 0.05) is 12.2 Å². The minimum Gasteiger partial charge on any atom is -0.444 e. The zero-order chi connectivity index (χ0) is 14.3. The summed E-state index contributed by atoms with van der Waals surface area (Å²) in [5.74, 6) is 0. The van der Waals surface area contributed by atoms with Crippen molar-refractivity contribution >= 4 is 18.2 Å². The van der Waals surface area contributed by atoms with Crippen LogP contribution in [0.1, 0.15) is 26.3 Å². The molecule has 5 heteroatoms. The van der Waals surface area contributed by atoms with Crippen LogP contribution < -0.4 is 10.6 Å². The lowest BCUT2D eigenvalue weighted by Gasteiger charge is -2.19. The Labute approximate surface area is 113 Å². The maximum atomic E-state index is 11.4. The van der Waals surface area contributed by atoms with Crippen LogP contribution in [0.3, 0.4) is 0 Å². The molecule has 1 aromatic rings. The van der Waals surface area contributed by atoms with Crippen LogP contribution in [-0.4, -0.2) is 24.6 Å². The Bertz CT molecular complexity index is 421. The normalized spacial score (nSPS) is 10.7. The first-order chi connectivity index (χ1) is 8.90. The maximum absolute atomic E-state index is 11.4. The third kappa shape index (κ3) is 6.45. The molecular formula is C14H19N2O3. The molecule has 0 aliphatic heterocycles. The van der Waals surface area contributed by atoms with Gasteiger partial charge in [-0.05, 0) is 44.9 Å². The van der Waals surface area contributed by atoms with Gasteiger partial charge < -0.3 is 15.4 Å². The lowest BCUT2D eigenvalue weighted by atomic mass is 10.1. The second-order valence-electron chi connectivity index (χ2n) is 5.10. The first-order valence-electron chi connectivity index (χ1n) is 6.09. The van der Waals surface area contributed by atoms with E-state index in [0.717, 1.165) is 5.56 Å². The van der Waals surface area contributed by atoms with E-state index < -0.39 is 11.7 Å². The number of ether oxygens (including phenoxy) is 1. The molecule has 0 unspecified atom stereocenters. The number of hydrogen-bond acceptors (Lipinski definition) is 3. The van der Waals surface area contributed by atoms with E-state index in [1.54, 1.807) is 18.5 Å². The fraction of sp³-hybridized carbons (Fsp3) is 0.429. The van der Waals surface area contributed by atoms with Crippen LogP contribution in [0.2, 0.25) is 0 Å². The summed E-state index contributed by atoms with van der Waals surface area (Å²) in [7, 11) is 0. The molecule has 0 atom stereocenters. The standard InChI is InChI=1S/C14H19N2O3/c1-14(2,3)19-13(18)15-9-8-11-4-6-12(7-5-11)16-10-17/h4-7H,8-9H2,1-3H3,(H,15,18)(H,16,17). The molecule has 19 heavy (non-hydrogen) atoms. The number of nitrogens with one attached hydrogen (secondary N) is 2. The summed E-state index contributed by atoms with van der Waals surface area (Å²) in [5.41, 5.74) is 1.27. The monoisotopic (exact) mass is 263 g/mol. The molecule has 0 aromatic heterocycles. The van der Waals surface area contributed by atoms with Gasteiger partial charge in [-0.15, -0.1) is 0 Å². The first-order valence-corrected chi connectivity index (χ1v) is 6.09. The van der Waals surface area contributed by atoms with Crippen molar-refractivity contribution in [3.05, 3.63) is 29.8 Å². The lowest BCUT2D eigenvalue weighted by molar-refractivity contribution is 0.0528. The van der Waals surface area contributed by atoms with E-state index in [-0.39, 0.29) is 0 Å². The molecule has 0 bridgehead atoms. The van der Waals surface area contributed by atoms with Gasteiger partial charge in [0.2, 0.25) is 0 Å². The summed E-state index contributed by atoms with van der Waals surface area (Å²) in [4.78, 5) is 21.5. The van der Waals surface area contributed by atoms with Gasteiger partial charge in [-0.1, -0.05) is 12.1 Å². The van der Waals surface area contributed by atoms with Crippen molar-refractivity contribution in [1.82, 2.24) is 5.32 Å². The Hall–Kier alpha value is -2.04. The summed E-state index contributed by atoms with van der Waals surface area (Å²) in [6.45, 7) is 5.97. The van der Waals surface area contributed by atoms with E-state index in [1.165, 1.54) is 0 Å². The third-order valence-corrected chi connectivity index (χ3v) is 2.23. The predicted octanol–water partition coefficient (Wildman–Crippen LogP) is 2.23. The van der Waals surface area contributed by atoms with Crippen molar-refractivity contribution in [2.45, 2.75) is 32.8 Å². The molecule has 0 spiro atoms. The highest BCUT2D eigenvalue weighted by Crippen LogP contribution is 2.09. The van der Waals surface area contributed by atoms with Gasteiger partial charge >= 0.3 is 12.5 Å². The minimum atomic E-state index is -0.483. The van der Waals surface area contributed by atoms with Crippen LogP contribution in [0.15, 0.2) is 24.3 Å². The average Bonchev–Trinajstić information content (AvgIpc) is 2.29. The third-order valence-electron chi connectivity index (χ3n) is 2.23. The Kier molecular flexibility index (Phi) is 5.36. The summed E-state index contributed by atoms with van der Waals surface area (Å²) in [6, 6.07) is 7.34. The van der Waals surface area contributed by atoms with Crippen molar-refractivity contribution in [3.63, 3.8) is 0 Å². The Morgan fingerprint density at radius 2 is 1.89 bits per heavy atom. The molecule has 1 aromatic carbocycles. The topological polar surface area (TPSA) is 67.4 Å². The van der Waals surface area contributed by atoms with Gasteiger partial charge in [0.05, 0.1) is 0 Å². The van der Waals surface area contributed by atoms with Crippen LogP contribution in [0, 0.1) is 0 Å². The second-order valence-corrected chi connectivity index (χ2v) is 5.10. The van der Waals surface area contributed by atoms with Crippen molar-refractivity contribution in [3.8, 4) is 0 Å². The number of rotatable bonds is 5. The van der Waals surface area contributed by atoms with Crippen LogP contribution in [0.25, 0.3) is 0 Å². The number of anilines is 1. The zero-order valence-corrected chi connectivity index (χ0v) is 11.4. The molecule has 2 amide bonds. The van der Waals surface area contributed by atoms with Gasteiger partial charge in [0.1, 0.15) is 5.60 Å². The van der Waals surface area contributed by atoms with Crippen LogP contribution in [0.5, 0.6) is 0 Å². The second kappa shape index (κ2) is 6.78. The quantitative estimate of drug-likeness (QED) is 0.800. The highest BCUT2D eigenvalue weighted by Gasteiger charge is 2.15. The molecule has 103 valence electrons. The number of carbonyl (C=O) groups is 1. The number of hydrogen-bond donors (Lipinski definition) is 2. The van der Waals surface area contributed by atoms with E-state index in [4.69, 9.17) is 4.74 Å². The van der Waals surface area contributed by atoms with Gasteiger partial charge in [0.15, 0.2) is 0 Å². The molecule has 0 aliphatic rings. The van der Waals surface area contributed by atoms with Crippen LogP contribution >= 0.6 is 0 Å². The van der Waals surface area contributed by atoms with E-state index in [2.05, 4.69) is 10.6 Å². The first kappa shape index (κ1) is 15.0. The Morgan fingerprint density at radius 1 is 1.26 bits per heavy atom. The zero-order valence-electron chi connectivity index (χ0n) is 11.4. The lowest BCUT2D eigenvalue weighted by Crippen LogP contribution is -2.33. The summed E-state index contributed by atoms with van der Waals surface area (Å²) in [6.07, 6.45) is 1.89. The summed E-state index contributed by atoms with van der Waals surface area (Å²) in [5, 5.41) is 5.13. The predicted molar refractivity (Wildman–Crippen MR) is 73.7 cm³/mol. The number of carbonyl (C=O) groups excluding carboxylic acids is 2. The van der Waals surface area contributed by atoms with Crippen LogP contribution in [0.4, 0.5) is 10.5 Å². The molecule has 1 radical (unpaired) electrons. The number of amides is 2. The fourth-order valence-corrected chi connectivity index (χ4v) is 1.44. The molecular weight excluding hydrogens is 244 g/mol. The van der Waals surface area contributed by atoms with E-state index >= 15 is 0 Å². The Morgan fingerprint density at radius 3 is 2.42 bits per heavy atom. The fourth-order valence-electron chi connectivity index (χ4n) is 1.44. The molecule has 0 saturated heterocycles. The number of alkyl carbamates (subject to hydrolysis) is 1. The average molecular weight is 263 g/mol. The molecule has 5 nitrogen and oxygen atoms in total. The smallest absolute Gasteiger partial charge is 0.407 e. The highest BCUT2D eigenvalue weighted by molar-refractivity contribution is 5.71. The highest BCUT2D eigenvalue weighted by atomic mass is 16.6. The van der Waals surface area contributed by atoms with E-state index in [0.29, 0.717) is 18.7 Å². The summed E-state index contributed by atoms with van der Waals surface area (Å²) < 4.78 is 5.12. The minimum absolute atomic E-state index is 0.415. The largest absolute Gasteiger partial charge is 0.444 e. The van der Waals surface area contributed by atoms with E-state index in [1.807, 2.05) is 32.9 Å². The SMILES string of the molecule is CC(C)(C)OC(=O)NCCc1ccc(N[C]=O)cc1. The van der Waals surface area contributed by atoms with E-state index in [9.17, 15) is 9.59 Å². The molecule has 0 saturated carbocycles. The Balaban J connectivity index is 2.33. The molecule has 0 fully saturated rings. The molecule has 2 N–H and O–H groups in total. The van der Waals surface area contributed by atoms with Gasteiger partial charge in [-0.3, -0.25) is 4.79 Å². The number of benzene rings is 1. The molecule has 0 aliphatic carbocycles.